The van der Waals surface area contributed by atoms with Gasteiger partial charge >= 0.3 is 6.09 Å². The van der Waals surface area contributed by atoms with Gasteiger partial charge in [0.2, 0.25) is 0 Å². The Balaban J connectivity index is 1.93. The summed E-state index contributed by atoms with van der Waals surface area (Å²) in [5, 5.41) is 0. The summed E-state index contributed by atoms with van der Waals surface area (Å²) in [4.78, 5) is 11.0. The molecular formula is C13H18N2O2. The normalized spacial score (nSPS) is 17.0. The number of rotatable bonds is 4. The monoisotopic (exact) mass is 234 g/mol. The highest BCUT2D eigenvalue weighted by Gasteiger charge is 2.38. The minimum atomic E-state index is -0.552. The fourth-order valence-corrected chi connectivity index (χ4v) is 2.34. The van der Waals surface area contributed by atoms with Crippen LogP contribution in [0.3, 0.4) is 0 Å². The topological polar surface area (TPSA) is 64.3 Å². The third kappa shape index (κ3) is 2.97. The minimum Gasteiger partial charge on any atom is -0.448 e. The van der Waals surface area contributed by atoms with Gasteiger partial charge in [0.25, 0.3) is 0 Å². The Bertz CT molecular complexity index is 374. The molecule has 0 spiro atoms. The molecule has 1 saturated carbocycles. The molecule has 4 nitrogen and oxygen atoms in total. The lowest BCUT2D eigenvalue weighted by Crippen LogP contribution is -2.40. The molecule has 1 aliphatic carbocycles. The second-order valence-corrected chi connectivity index (χ2v) is 4.74. The summed E-state index contributed by atoms with van der Waals surface area (Å²) >= 11 is 0. The molecule has 1 aliphatic rings. The number of carbonyl (C=O) groups excluding carboxylic acids is 1. The van der Waals surface area contributed by atoms with Crippen LogP contribution >= 0.6 is 0 Å². The molecule has 1 aromatic carbocycles. The van der Waals surface area contributed by atoms with Crippen molar-refractivity contribution in [3.8, 4) is 0 Å². The summed E-state index contributed by atoms with van der Waals surface area (Å²) in [6, 6.07) is 10.3. The Hall–Kier alpha value is -1.55. The first kappa shape index (κ1) is 11.9. The lowest BCUT2D eigenvalue weighted by Gasteiger charge is -2.41. The van der Waals surface area contributed by atoms with E-state index < -0.39 is 6.09 Å². The number of amides is 1. The van der Waals surface area contributed by atoms with Crippen LogP contribution in [0.1, 0.15) is 24.8 Å². The minimum absolute atomic E-state index is 0.119. The lowest BCUT2D eigenvalue weighted by atomic mass is 9.66. The molecule has 1 amide bonds. The standard InChI is InChI=1S/C13H18N2O2/c14-15-12(16)17-10-13(7-4-8-13)9-11-5-2-1-3-6-11/h1-3,5-6H,4,7-10,14H2,(H,15,16). The average Bonchev–Trinajstić information content (AvgIpc) is 2.33. The zero-order chi connectivity index (χ0) is 12.1. The van der Waals surface area contributed by atoms with Crippen LogP contribution in [0.4, 0.5) is 4.79 Å². The number of carbonyl (C=O) groups is 1. The molecule has 0 bridgehead atoms. The van der Waals surface area contributed by atoms with E-state index in [2.05, 4.69) is 12.1 Å². The van der Waals surface area contributed by atoms with Gasteiger partial charge in [0.1, 0.15) is 0 Å². The van der Waals surface area contributed by atoms with Gasteiger partial charge in [-0.2, -0.15) is 0 Å². The number of ether oxygens (including phenoxy) is 1. The van der Waals surface area contributed by atoms with E-state index in [1.165, 1.54) is 12.0 Å². The van der Waals surface area contributed by atoms with E-state index in [1.807, 2.05) is 23.6 Å². The van der Waals surface area contributed by atoms with Gasteiger partial charge in [-0.15, -0.1) is 0 Å². The maximum atomic E-state index is 11.0. The van der Waals surface area contributed by atoms with Crippen LogP contribution in [0.2, 0.25) is 0 Å². The fraction of sp³-hybridized carbons (Fsp3) is 0.462. The van der Waals surface area contributed by atoms with E-state index in [4.69, 9.17) is 10.6 Å². The van der Waals surface area contributed by atoms with Crippen LogP contribution in [-0.2, 0) is 11.2 Å². The van der Waals surface area contributed by atoms with Gasteiger partial charge in [0, 0.05) is 5.41 Å². The van der Waals surface area contributed by atoms with Crippen molar-refractivity contribution >= 4 is 6.09 Å². The van der Waals surface area contributed by atoms with Crippen LogP contribution in [-0.4, -0.2) is 12.7 Å². The molecular weight excluding hydrogens is 216 g/mol. The number of hydrogen-bond donors (Lipinski definition) is 2. The van der Waals surface area contributed by atoms with Crippen molar-refractivity contribution in [2.75, 3.05) is 6.61 Å². The number of hydrogen-bond acceptors (Lipinski definition) is 3. The molecule has 0 unspecified atom stereocenters. The maximum absolute atomic E-state index is 11.0. The number of nitrogens with one attached hydrogen (secondary N) is 1. The Kier molecular flexibility index (Phi) is 3.64. The molecule has 4 heteroatoms. The molecule has 1 fully saturated rings. The summed E-state index contributed by atoms with van der Waals surface area (Å²) in [5.41, 5.74) is 3.40. The fourth-order valence-electron chi connectivity index (χ4n) is 2.34. The Labute approximate surface area is 101 Å². The van der Waals surface area contributed by atoms with Crippen molar-refractivity contribution in [3.05, 3.63) is 35.9 Å². The van der Waals surface area contributed by atoms with Gasteiger partial charge in [0.15, 0.2) is 0 Å². The molecule has 2 rings (SSSR count). The Morgan fingerprint density at radius 1 is 1.35 bits per heavy atom. The summed E-state index contributed by atoms with van der Waals surface area (Å²) < 4.78 is 5.10. The second kappa shape index (κ2) is 5.19. The van der Waals surface area contributed by atoms with Gasteiger partial charge in [-0.05, 0) is 24.8 Å². The number of nitrogens with two attached hydrogens (primary N) is 1. The predicted octanol–water partition coefficient (Wildman–Crippen LogP) is 2.00. The lowest BCUT2D eigenvalue weighted by molar-refractivity contribution is 0.0274. The highest BCUT2D eigenvalue weighted by molar-refractivity contribution is 5.66. The van der Waals surface area contributed by atoms with Crippen LogP contribution in [0.5, 0.6) is 0 Å². The van der Waals surface area contributed by atoms with Crippen molar-refractivity contribution < 1.29 is 9.53 Å². The SMILES string of the molecule is NNC(=O)OCC1(Cc2ccccc2)CCC1. The third-order valence-electron chi connectivity index (χ3n) is 3.46. The Morgan fingerprint density at radius 3 is 2.59 bits per heavy atom. The van der Waals surface area contributed by atoms with E-state index in [1.54, 1.807) is 0 Å². The first-order valence-corrected chi connectivity index (χ1v) is 5.91. The van der Waals surface area contributed by atoms with Crippen molar-refractivity contribution in [2.24, 2.45) is 11.3 Å². The molecule has 0 atom stereocenters. The summed E-state index contributed by atoms with van der Waals surface area (Å²) in [7, 11) is 0. The van der Waals surface area contributed by atoms with Crippen LogP contribution in [0.25, 0.3) is 0 Å². The smallest absolute Gasteiger partial charge is 0.421 e. The molecule has 3 N–H and O–H groups in total. The molecule has 17 heavy (non-hydrogen) atoms. The quantitative estimate of drug-likeness (QED) is 0.476. The zero-order valence-electron chi connectivity index (χ0n) is 9.82. The van der Waals surface area contributed by atoms with Crippen molar-refractivity contribution in [1.29, 1.82) is 0 Å². The zero-order valence-corrected chi connectivity index (χ0v) is 9.82. The Morgan fingerprint density at radius 2 is 2.06 bits per heavy atom. The average molecular weight is 234 g/mol. The molecule has 0 aliphatic heterocycles. The second-order valence-electron chi connectivity index (χ2n) is 4.74. The molecule has 1 aromatic rings. The van der Waals surface area contributed by atoms with Gasteiger partial charge in [-0.3, -0.25) is 5.43 Å². The van der Waals surface area contributed by atoms with Crippen LogP contribution < -0.4 is 11.3 Å². The van der Waals surface area contributed by atoms with Crippen molar-refractivity contribution in [3.63, 3.8) is 0 Å². The van der Waals surface area contributed by atoms with Gasteiger partial charge in [-0.1, -0.05) is 36.8 Å². The van der Waals surface area contributed by atoms with E-state index >= 15 is 0 Å². The van der Waals surface area contributed by atoms with Gasteiger partial charge in [0.05, 0.1) is 6.61 Å². The summed E-state index contributed by atoms with van der Waals surface area (Å²) in [5.74, 6) is 4.99. The molecule has 0 saturated heterocycles. The van der Waals surface area contributed by atoms with E-state index in [0.29, 0.717) is 6.61 Å². The number of hydrazine groups is 1. The summed E-state index contributed by atoms with van der Waals surface area (Å²) in [6.07, 6.45) is 3.84. The predicted molar refractivity (Wildman–Crippen MR) is 65.1 cm³/mol. The highest BCUT2D eigenvalue weighted by Crippen LogP contribution is 2.43. The molecule has 92 valence electrons. The van der Waals surface area contributed by atoms with Gasteiger partial charge in [-0.25, -0.2) is 10.6 Å². The van der Waals surface area contributed by atoms with E-state index in [9.17, 15) is 4.79 Å². The highest BCUT2D eigenvalue weighted by atomic mass is 16.6. The first-order chi connectivity index (χ1) is 8.24. The van der Waals surface area contributed by atoms with Crippen LogP contribution in [0.15, 0.2) is 30.3 Å². The van der Waals surface area contributed by atoms with Crippen molar-refractivity contribution in [1.82, 2.24) is 5.43 Å². The van der Waals surface area contributed by atoms with Crippen LogP contribution in [0, 0.1) is 5.41 Å². The third-order valence-corrected chi connectivity index (χ3v) is 3.46. The van der Waals surface area contributed by atoms with E-state index in [0.717, 1.165) is 19.3 Å². The molecule has 0 heterocycles. The van der Waals surface area contributed by atoms with Crippen molar-refractivity contribution in [2.45, 2.75) is 25.7 Å². The summed E-state index contributed by atoms with van der Waals surface area (Å²) in [6.45, 7) is 0.449. The van der Waals surface area contributed by atoms with E-state index in [-0.39, 0.29) is 5.41 Å². The number of benzene rings is 1. The largest absolute Gasteiger partial charge is 0.448 e. The molecule has 0 aromatic heterocycles. The molecule has 0 radical (unpaired) electrons. The van der Waals surface area contributed by atoms with Gasteiger partial charge < -0.3 is 4.74 Å². The maximum Gasteiger partial charge on any atom is 0.421 e. The first-order valence-electron chi connectivity index (χ1n) is 5.91.